The molecule has 0 aromatic heterocycles. The van der Waals surface area contributed by atoms with Gasteiger partial charge in [-0.15, -0.1) is 0 Å². The summed E-state index contributed by atoms with van der Waals surface area (Å²) in [6.45, 7) is 3.43. The summed E-state index contributed by atoms with van der Waals surface area (Å²) >= 11 is 3.40. The lowest BCUT2D eigenvalue weighted by Crippen LogP contribution is -2.25. The van der Waals surface area contributed by atoms with Gasteiger partial charge in [-0.05, 0) is 49.1 Å². The highest BCUT2D eigenvalue weighted by atomic mass is 79.9. The monoisotopic (exact) mass is 324 g/mol. The molecule has 1 saturated heterocycles. The normalized spacial score (nSPS) is 14.9. The molecule has 1 aromatic carbocycles. The van der Waals surface area contributed by atoms with Crippen LogP contribution < -0.4 is 10.6 Å². The number of amides is 2. The molecule has 1 heterocycles. The summed E-state index contributed by atoms with van der Waals surface area (Å²) in [5.41, 5.74) is 3.04. The molecular weight excluding hydrogens is 308 g/mol. The molecule has 0 spiro atoms. The Morgan fingerprint density at radius 3 is 2.79 bits per heavy atom. The van der Waals surface area contributed by atoms with Gasteiger partial charge in [0.1, 0.15) is 0 Å². The summed E-state index contributed by atoms with van der Waals surface area (Å²) in [4.78, 5) is 11.8. The van der Waals surface area contributed by atoms with E-state index in [0.717, 1.165) is 41.8 Å². The van der Waals surface area contributed by atoms with E-state index in [1.807, 2.05) is 25.1 Å². The smallest absolute Gasteiger partial charge is 0.323 e. The molecule has 0 radical (unpaired) electrons. The fraction of sp³-hybridized carbons (Fsp3) is 0.357. The first-order valence-electron chi connectivity index (χ1n) is 6.24. The third-order valence-electron chi connectivity index (χ3n) is 2.98. The van der Waals surface area contributed by atoms with Crippen molar-refractivity contribution in [2.45, 2.75) is 19.8 Å². The number of halogens is 1. The van der Waals surface area contributed by atoms with Gasteiger partial charge in [0.05, 0.1) is 13.2 Å². The Morgan fingerprint density at radius 2 is 2.11 bits per heavy atom. The van der Waals surface area contributed by atoms with E-state index in [4.69, 9.17) is 4.74 Å². The second kappa shape index (κ2) is 6.73. The minimum atomic E-state index is -0.218. The maximum atomic E-state index is 11.8. The highest BCUT2D eigenvalue weighted by Gasteiger charge is 2.07. The van der Waals surface area contributed by atoms with E-state index in [0.29, 0.717) is 0 Å². The number of hydrogen-bond acceptors (Lipinski definition) is 2. The number of benzene rings is 1. The molecule has 0 atom stereocenters. The summed E-state index contributed by atoms with van der Waals surface area (Å²) in [5, 5.41) is 5.59. The molecule has 2 rings (SSSR count). The van der Waals surface area contributed by atoms with E-state index >= 15 is 0 Å². The first kappa shape index (κ1) is 14.1. The van der Waals surface area contributed by atoms with Crippen molar-refractivity contribution in [3.63, 3.8) is 0 Å². The number of urea groups is 1. The van der Waals surface area contributed by atoms with Crippen molar-refractivity contribution < 1.29 is 9.53 Å². The lowest BCUT2D eigenvalue weighted by atomic mass is 10.1. The van der Waals surface area contributed by atoms with Crippen LogP contribution in [0.1, 0.15) is 18.4 Å². The molecular formula is C14H17BrN2O2. The van der Waals surface area contributed by atoms with Gasteiger partial charge in [-0.1, -0.05) is 15.9 Å². The fourth-order valence-corrected chi connectivity index (χ4v) is 2.35. The van der Waals surface area contributed by atoms with Crippen molar-refractivity contribution in [1.29, 1.82) is 0 Å². The Bertz CT molecular complexity index is 492. The predicted molar refractivity (Wildman–Crippen MR) is 79.2 cm³/mol. The first-order valence-corrected chi connectivity index (χ1v) is 7.04. The lowest BCUT2D eigenvalue weighted by molar-refractivity contribution is 0.119. The largest absolute Gasteiger partial charge is 0.381 e. The average Bonchev–Trinajstić information content (AvgIpc) is 2.41. The molecule has 2 N–H and O–H groups in total. The van der Waals surface area contributed by atoms with Crippen molar-refractivity contribution in [2.24, 2.45) is 0 Å². The van der Waals surface area contributed by atoms with Gasteiger partial charge < -0.3 is 15.4 Å². The molecule has 0 unspecified atom stereocenters. The van der Waals surface area contributed by atoms with Crippen LogP contribution in [0, 0.1) is 6.92 Å². The van der Waals surface area contributed by atoms with E-state index in [1.54, 1.807) is 6.20 Å². The molecule has 1 aliphatic rings. The summed E-state index contributed by atoms with van der Waals surface area (Å²) in [5.74, 6) is 0. The van der Waals surface area contributed by atoms with Crippen LogP contribution in [0.4, 0.5) is 10.5 Å². The van der Waals surface area contributed by atoms with Crippen molar-refractivity contribution in [1.82, 2.24) is 5.32 Å². The van der Waals surface area contributed by atoms with Gasteiger partial charge in [0.25, 0.3) is 0 Å². The van der Waals surface area contributed by atoms with E-state index < -0.39 is 0 Å². The maximum Gasteiger partial charge on any atom is 0.323 e. The number of nitrogens with one attached hydrogen (secondary N) is 2. The minimum absolute atomic E-state index is 0.218. The molecule has 1 aliphatic heterocycles. The average molecular weight is 325 g/mol. The van der Waals surface area contributed by atoms with Gasteiger partial charge in [-0.2, -0.15) is 0 Å². The van der Waals surface area contributed by atoms with Crippen LogP contribution in [-0.4, -0.2) is 19.2 Å². The number of carbonyl (C=O) groups is 1. The number of rotatable bonds is 2. The molecule has 0 saturated carbocycles. The van der Waals surface area contributed by atoms with E-state index in [1.165, 1.54) is 5.57 Å². The summed E-state index contributed by atoms with van der Waals surface area (Å²) in [6.07, 6.45) is 3.56. The third kappa shape index (κ3) is 4.36. The van der Waals surface area contributed by atoms with Crippen molar-refractivity contribution in [3.05, 3.63) is 40.0 Å². The molecule has 1 fully saturated rings. The number of carbonyl (C=O) groups excluding carboxylic acids is 1. The Morgan fingerprint density at radius 1 is 1.37 bits per heavy atom. The lowest BCUT2D eigenvalue weighted by Gasteiger charge is -2.15. The Balaban J connectivity index is 1.90. The number of ether oxygens (including phenoxy) is 1. The van der Waals surface area contributed by atoms with Gasteiger partial charge in [-0.3, -0.25) is 0 Å². The summed E-state index contributed by atoms with van der Waals surface area (Å²) in [7, 11) is 0. The highest BCUT2D eigenvalue weighted by molar-refractivity contribution is 9.10. The predicted octanol–water partition coefficient (Wildman–Crippen LogP) is 3.57. The quantitative estimate of drug-likeness (QED) is 0.873. The summed E-state index contributed by atoms with van der Waals surface area (Å²) < 4.78 is 6.26. The van der Waals surface area contributed by atoms with E-state index in [-0.39, 0.29) is 6.03 Å². The zero-order chi connectivity index (χ0) is 13.7. The Kier molecular flexibility index (Phi) is 4.99. The molecule has 2 amide bonds. The van der Waals surface area contributed by atoms with Crippen LogP contribution in [-0.2, 0) is 4.74 Å². The van der Waals surface area contributed by atoms with Crippen molar-refractivity contribution in [3.8, 4) is 0 Å². The van der Waals surface area contributed by atoms with Crippen LogP contribution >= 0.6 is 15.9 Å². The fourth-order valence-electron chi connectivity index (χ4n) is 1.87. The van der Waals surface area contributed by atoms with E-state index in [2.05, 4.69) is 26.6 Å². The topological polar surface area (TPSA) is 50.4 Å². The van der Waals surface area contributed by atoms with Crippen LogP contribution in [0.5, 0.6) is 0 Å². The zero-order valence-electron chi connectivity index (χ0n) is 10.8. The Hall–Kier alpha value is -1.33. The van der Waals surface area contributed by atoms with Gasteiger partial charge in [0.2, 0.25) is 0 Å². The molecule has 5 heteroatoms. The zero-order valence-corrected chi connectivity index (χ0v) is 12.4. The van der Waals surface area contributed by atoms with Crippen molar-refractivity contribution >= 4 is 27.6 Å². The highest BCUT2D eigenvalue weighted by Crippen LogP contribution is 2.19. The second-order valence-electron chi connectivity index (χ2n) is 4.47. The first-order chi connectivity index (χ1) is 9.15. The molecule has 0 aliphatic carbocycles. The van der Waals surface area contributed by atoms with Crippen LogP contribution in [0.15, 0.2) is 34.4 Å². The number of hydrogen-bond donors (Lipinski definition) is 2. The maximum absolute atomic E-state index is 11.8. The van der Waals surface area contributed by atoms with Crippen LogP contribution in [0.2, 0.25) is 0 Å². The van der Waals surface area contributed by atoms with Crippen LogP contribution in [0.25, 0.3) is 0 Å². The molecule has 102 valence electrons. The Labute approximate surface area is 121 Å². The van der Waals surface area contributed by atoms with E-state index in [9.17, 15) is 4.79 Å². The van der Waals surface area contributed by atoms with Gasteiger partial charge in [0, 0.05) is 16.4 Å². The molecule has 4 nitrogen and oxygen atoms in total. The van der Waals surface area contributed by atoms with Gasteiger partial charge >= 0.3 is 6.03 Å². The number of aryl methyl sites for hydroxylation is 1. The van der Waals surface area contributed by atoms with Crippen molar-refractivity contribution in [2.75, 3.05) is 18.5 Å². The van der Waals surface area contributed by atoms with Crippen LogP contribution in [0.3, 0.4) is 0 Å². The third-order valence-corrected chi connectivity index (χ3v) is 3.47. The molecule has 0 bridgehead atoms. The molecule has 1 aromatic rings. The number of anilines is 1. The van der Waals surface area contributed by atoms with Gasteiger partial charge in [0.15, 0.2) is 0 Å². The van der Waals surface area contributed by atoms with Gasteiger partial charge in [-0.25, -0.2) is 4.79 Å². The minimum Gasteiger partial charge on any atom is -0.381 e. The summed E-state index contributed by atoms with van der Waals surface area (Å²) in [6, 6.07) is 5.52. The molecule has 19 heavy (non-hydrogen) atoms. The standard InChI is InChI=1S/C14H17BrN2O2/c1-10-8-12(15)2-3-13(10)17-14(18)16-9-11-4-6-19-7-5-11/h2-3,8-9H,4-7H2,1H3,(H2,16,17,18). The SMILES string of the molecule is Cc1cc(Br)ccc1NC(=O)NC=C1CCOCC1. The second-order valence-corrected chi connectivity index (χ2v) is 5.39.